The Morgan fingerprint density at radius 2 is 1.73 bits per heavy atom. The lowest BCUT2D eigenvalue weighted by molar-refractivity contribution is -0.123. The second-order valence-electron chi connectivity index (χ2n) is 6.90. The van der Waals surface area contributed by atoms with Crippen LogP contribution in [0.2, 0.25) is 0 Å². The number of nitrogens with one attached hydrogen (secondary N) is 2. The van der Waals surface area contributed by atoms with Gasteiger partial charge in [0.2, 0.25) is 11.8 Å². The molecule has 0 saturated heterocycles. The molecule has 0 unspecified atom stereocenters. The fraction of sp³-hybridized carbons (Fsp3) is 0.333. The molecule has 3 rings (SSSR count). The van der Waals surface area contributed by atoms with Crippen LogP contribution in [0.5, 0.6) is 0 Å². The van der Waals surface area contributed by atoms with Gasteiger partial charge in [-0.3, -0.25) is 9.59 Å². The molecule has 26 heavy (non-hydrogen) atoms. The molecule has 0 aromatic heterocycles. The number of carbonyl (C=O) groups excluding carboxylic acids is 2. The van der Waals surface area contributed by atoms with Gasteiger partial charge in [-0.15, -0.1) is 0 Å². The summed E-state index contributed by atoms with van der Waals surface area (Å²) in [5.74, 6) is -0.365. The van der Waals surface area contributed by atoms with Crippen molar-refractivity contribution in [1.82, 2.24) is 5.32 Å². The van der Waals surface area contributed by atoms with Gasteiger partial charge in [-0.1, -0.05) is 36.4 Å². The molecule has 0 aliphatic carbocycles. The number of para-hydroxylation sites is 2. The van der Waals surface area contributed by atoms with Crippen molar-refractivity contribution >= 4 is 23.2 Å². The lowest BCUT2D eigenvalue weighted by Crippen LogP contribution is -2.42. The summed E-state index contributed by atoms with van der Waals surface area (Å²) in [6, 6.07) is 14.3. The Morgan fingerprint density at radius 1 is 1.04 bits per heavy atom. The Labute approximate surface area is 154 Å². The second kappa shape index (κ2) is 7.60. The van der Waals surface area contributed by atoms with Crippen molar-refractivity contribution in [2.75, 3.05) is 23.3 Å². The zero-order valence-electron chi connectivity index (χ0n) is 15.5. The van der Waals surface area contributed by atoms with E-state index in [1.807, 2.05) is 50.2 Å². The number of hydrogen-bond donors (Lipinski definition) is 2. The largest absolute Gasteiger partial charge is 0.359 e. The molecule has 0 spiro atoms. The fourth-order valence-electron chi connectivity index (χ4n) is 3.46. The van der Waals surface area contributed by atoms with Crippen LogP contribution in [0.25, 0.3) is 0 Å². The molecule has 1 aliphatic rings. The van der Waals surface area contributed by atoms with E-state index < -0.39 is 0 Å². The third-order valence-corrected chi connectivity index (χ3v) is 4.85. The molecule has 5 nitrogen and oxygen atoms in total. The standard InChI is InChI=1S/C21H25N3O2/c1-14-7-6-8-15(2)21(14)23-19(25)12-22-20(26)13-24-16(3)11-17-9-4-5-10-18(17)24/h4-10,16H,11-13H2,1-3H3,(H,22,26)(H,23,25)/t16-/m1/s1. The minimum absolute atomic E-state index is 0.0313. The van der Waals surface area contributed by atoms with Gasteiger partial charge < -0.3 is 15.5 Å². The highest BCUT2D eigenvalue weighted by atomic mass is 16.2. The molecule has 2 aromatic carbocycles. The molecule has 5 heteroatoms. The van der Waals surface area contributed by atoms with E-state index in [4.69, 9.17) is 0 Å². The van der Waals surface area contributed by atoms with Crippen molar-refractivity contribution in [3.05, 3.63) is 59.2 Å². The third-order valence-electron chi connectivity index (χ3n) is 4.85. The predicted octanol–water partition coefficient (Wildman–Crippen LogP) is 2.81. The number of benzene rings is 2. The zero-order chi connectivity index (χ0) is 18.7. The van der Waals surface area contributed by atoms with Gasteiger partial charge in [0, 0.05) is 17.4 Å². The van der Waals surface area contributed by atoms with Crippen molar-refractivity contribution < 1.29 is 9.59 Å². The van der Waals surface area contributed by atoms with E-state index >= 15 is 0 Å². The molecule has 2 aromatic rings. The third kappa shape index (κ3) is 3.87. The molecular formula is C21H25N3O2. The van der Waals surface area contributed by atoms with E-state index in [9.17, 15) is 9.59 Å². The lowest BCUT2D eigenvalue weighted by Gasteiger charge is -2.24. The molecule has 0 radical (unpaired) electrons. The smallest absolute Gasteiger partial charge is 0.243 e. The summed E-state index contributed by atoms with van der Waals surface area (Å²) in [4.78, 5) is 26.6. The van der Waals surface area contributed by atoms with E-state index in [-0.39, 0.29) is 30.9 Å². The quantitative estimate of drug-likeness (QED) is 0.871. The first-order chi connectivity index (χ1) is 12.5. The average molecular weight is 351 g/mol. The number of fused-ring (bicyclic) bond motifs is 1. The molecule has 2 N–H and O–H groups in total. The minimum Gasteiger partial charge on any atom is -0.359 e. The molecular weight excluding hydrogens is 326 g/mol. The highest BCUT2D eigenvalue weighted by Crippen LogP contribution is 2.31. The summed E-state index contributed by atoms with van der Waals surface area (Å²) in [7, 11) is 0. The SMILES string of the molecule is Cc1cccc(C)c1NC(=O)CNC(=O)CN1c2ccccc2C[C@H]1C. The molecule has 1 atom stereocenters. The van der Waals surface area contributed by atoms with Crippen molar-refractivity contribution in [3.63, 3.8) is 0 Å². The number of anilines is 2. The van der Waals surface area contributed by atoms with Gasteiger partial charge in [0.25, 0.3) is 0 Å². The van der Waals surface area contributed by atoms with Crippen LogP contribution < -0.4 is 15.5 Å². The van der Waals surface area contributed by atoms with Crippen LogP contribution in [0.1, 0.15) is 23.6 Å². The maximum atomic E-state index is 12.3. The van der Waals surface area contributed by atoms with E-state index in [2.05, 4.69) is 28.5 Å². The van der Waals surface area contributed by atoms with Gasteiger partial charge in [0.15, 0.2) is 0 Å². The highest BCUT2D eigenvalue weighted by molar-refractivity contribution is 5.96. The van der Waals surface area contributed by atoms with E-state index in [1.165, 1.54) is 5.56 Å². The molecule has 1 heterocycles. The molecule has 0 fully saturated rings. The van der Waals surface area contributed by atoms with Gasteiger partial charge >= 0.3 is 0 Å². The summed E-state index contributed by atoms with van der Waals surface area (Å²) in [6.07, 6.45) is 0.941. The Bertz CT molecular complexity index is 812. The Hall–Kier alpha value is -2.82. The molecule has 0 saturated carbocycles. The number of rotatable bonds is 5. The zero-order valence-corrected chi connectivity index (χ0v) is 15.5. The first kappa shape index (κ1) is 18.0. The van der Waals surface area contributed by atoms with Gasteiger partial charge in [0.1, 0.15) is 0 Å². The monoisotopic (exact) mass is 351 g/mol. The summed E-state index contributed by atoms with van der Waals surface area (Å²) in [6.45, 7) is 6.24. The van der Waals surface area contributed by atoms with Gasteiger partial charge in [-0.2, -0.15) is 0 Å². The molecule has 2 amide bonds. The van der Waals surface area contributed by atoms with Gasteiger partial charge in [-0.25, -0.2) is 0 Å². The van der Waals surface area contributed by atoms with E-state index in [0.29, 0.717) is 0 Å². The topological polar surface area (TPSA) is 61.4 Å². The number of hydrogen-bond acceptors (Lipinski definition) is 3. The average Bonchev–Trinajstić information content (AvgIpc) is 2.92. The molecule has 0 bridgehead atoms. The van der Waals surface area contributed by atoms with Crippen molar-refractivity contribution in [2.24, 2.45) is 0 Å². The Balaban J connectivity index is 1.54. The van der Waals surface area contributed by atoms with Crippen LogP contribution in [-0.4, -0.2) is 30.9 Å². The maximum absolute atomic E-state index is 12.3. The number of nitrogens with zero attached hydrogens (tertiary/aromatic N) is 1. The molecule has 136 valence electrons. The van der Waals surface area contributed by atoms with Crippen molar-refractivity contribution in [2.45, 2.75) is 33.2 Å². The van der Waals surface area contributed by atoms with E-state index in [0.717, 1.165) is 28.9 Å². The van der Waals surface area contributed by atoms with E-state index in [1.54, 1.807) is 0 Å². The van der Waals surface area contributed by atoms with Crippen LogP contribution in [0, 0.1) is 13.8 Å². The summed E-state index contributed by atoms with van der Waals surface area (Å²) >= 11 is 0. The number of amides is 2. The van der Waals surface area contributed by atoms with Crippen LogP contribution in [0.4, 0.5) is 11.4 Å². The predicted molar refractivity (Wildman–Crippen MR) is 105 cm³/mol. The van der Waals surface area contributed by atoms with Crippen LogP contribution in [0.3, 0.4) is 0 Å². The summed E-state index contributed by atoms with van der Waals surface area (Å²) in [5, 5.41) is 5.61. The Kier molecular flexibility index (Phi) is 5.26. The maximum Gasteiger partial charge on any atom is 0.243 e. The number of carbonyl (C=O) groups is 2. The van der Waals surface area contributed by atoms with Gasteiger partial charge in [0.05, 0.1) is 13.1 Å². The normalized spacial score (nSPS) is 15.5. The van der Waals surface area contributed by atoms with Crippen molar-refractivity contribution in [3.8, 4) is 0 Å². The van der Waals surface area contributed by atoms with Crippen molar-refractivity contribution in [1.29, 1.82) is 0 Å². The van der Waals surface area contributed by atoms with Crippen LogP contribution >= 0.6 is 0 Å². The Morgan fingerprint density at radius 3 is 2.46 bits per heavy atom. The minimum atomic E-state index is -0.217. The first-order valence-corrected chi connectivity index (χ1v) is 8.93. The lowest BCUT2D eigenvalue weighted by atomic mass is 10.1. The molecule has 1 aliphatic heterocycles. The van der Waals surface area contributed by atoms with Crippen LogP contribution in [0.15, 0.2) is 42.5 Å². The number of aryl methyl sites for hydroxylation is 2. The fourth-order valence-corrected chi connectivity index (χ4v) is 3.46. The first-order valence-electron chi connectivity index (χ1n) is 8.93. The second-order valence-corrected chi connectivity index (χ2v) is 6.90. The van der Waals surface area contributed by atoms with Gasteiger partial charge in [-0.05, 0) is 49.9 Å². The van der Waals surface area contributed by atoms with Crippen LogP contribution in [-0.2, 0) is 16.0 Å². The highest BCUT2D eigenvalue weighted by Gasteiger charge is 2.27. The summed E-state index contributed by atoms with van der Waals surface area (Å²) < 4.78 is 0. The summed E-state index contributed by atoms with van der Waals surface area (Å²) in [5.41, 5.74) is 5.20.